The number of hydrogen-bond acceptors (Lipinski definition) is 4. The normalized spacial score (nSPS) is 25.2. The quantitative estimate of drug-likeness (QED) is 0.492. The highest BCUT2D eigenvalue weighted by molar-refractivity contribution is 7.89. The second-order valence-corrected chi connectivity index (χ2v) is 12.0. The van der Waals surface area contributed by atoms with Crippen LogP contribution in [0.15, 0.2) is 41.4 Å². The number of hydrogen-bond donors (Lipinski definition) is 1. The lowest BCUT2D eigenvalue weighted by Gasteiger charge is -2.31. The Hall–Kier alpha value is -2.53. The number of carbonyl (C=O) groups is 1. The van der Waals surface area contributed by atoms with Crippen LogP contribution in [0.1, 0.15) is 69.5 Å². The van der Waals surface area contributed by atoms with Crippen molar-refractivity contribution in [3.8, 4) is 0 Å². The summed E-state index contributed by atoms with van der Waals surface area (Å²) in [5.74, 6) is -5.22. The Kier molecular flexibility index (Phi) is 7.94. The zero-order valence-corrected chi connectivity index (χ0v) is 21.6. The van der Waals surface area contributed by atoms with Crippen LogP contribution in [0.5, 0.6) is 0 Å². The van der Waals surface area contributed by atoms with Crippen LogP contribution in [0, 0.1) is 17.6 Å². The molecule has 2 fully saturated rings. The molecule has 1 saturated heterocycles. The molecule has 2 heterocycles. The van der Waals surface area contributed by atoms with E-state index in [1.807, 2.05) is 0 Å². The van der Waals surface area contributed by atoms with Crippen molar-refractivity contribution in [3.63, 3.8) is 0 Å². The molecule has 6 nitrogen and oxygen atoms in total. The monoisotopic (exact) mass is 541 g/mol. The van der Waals surface area contributed by atoms with Crippen molar-refractivity contribution in [2.75, 3.05) is 0 Å². The molecule has 1 amide bonds. The standard InChI is InChI=1S/C26H31F4N3O3S/c1-16-3-12-24(33(16)37(35,36)21-10-8-20(27)9-11-21)25(34)32-14-18-13-23(31-15-22(18)28)17-4-6-19(7-5-17)26(2,29)30/h8-11,13,15-17,19,24H,3-7,12,14H2,1-2H3,(H,32,34)/t16-,17-,19+,24-/m0/s1. The van der Waals surface area contributed by atoms with Gasteiger partial charge in [-0.2, -0.15) is 4.31 Å². The molecule has 1 N–H and O–H groups in total. The minimum absolute atomic E-state index is 0.0688. The fourth-order valence-corrected chi connectivity index (χ4v) is 7.23. The minimum atomic E-state index is -4.06. The van der Waals surface area contributed by atoms with E-state index in [0.29, 0.717) is 44.2 Å². The maximum atomic E-state index is 14.5. The average Bonchev–Trinajstić information content (AvgIpc) is 3.25. The van der Waals surface area contributed by atoms with Crippen molar-refractivity contribution < 1.29 is 30.8 Å². The zero-order valence-electron chi connectivity index (χ0n) is 20.8. The third-order valence-corrected chi connectivity index (χ3v) is 9.60. The lowest BCUT2D eigenvalue weighted by molar-refractivity contribution is -0.124. The minimum Gasteiger partial charge on any atom is -0.351 e. The van der Waals surface area contributed by atoms with E-state index >= 15 is 0 Å². The molecule has 0 spiro atoms. The van der Waals surface area contributed by atoms with Crippen LogP contribution in [-0.2, 0) is 21.4 Å². The van der Waals surface area contributed by atoms with Gasteiger partial charge in [0.25, 0.3) is 0 Å². The summed E-state index contributed by atoms with van der Waals surface area (Å²) in [6.07, 6.45) is 3.59. The van der Waals surface area contributed by atoms with E-state index in [1.165, 1.54) is 0 Å². The van der Waals surface area contributed by atoms with Gasteiger partial charge in [0.05, 0.1) is 11.1 Å². The number of alkyl halides is 2. The molecular formula is C26H31F4N3O3S. The average molecular weight is 542 g/mol. The maximum absolute atomic E-state index is 14.5. The van der Waals surface area contributed by atoms with Crippen LogP contribution in [0.3, 0.4) is 0 Å². The van der Waals surface area contributed by atoms with Crippen LogP contribution >= 0.6 is 0 Å². The summed E-state index contributed by atoms with van der Waals surface area (Å²) in [4.78, 5) is 17.1. The topological polar surface area (TPSA) is 79.4 Å². The van der Waals surface area contributed by atoms with Crippen LogP contribution < -0.4 is 5.32 Å². The Morgan fingerprint density at radius 3 is 2.35 bits per heavy atom. The summed E-state index contributed by atoms with van der Waals surface area (Å²) in [6.45, 7) is 2.47. The smallest absolute Gasteiger partial charge is 0.248 e. The number of carbonyl (C=O) groups excluding carboxylic acids is 1. The van der Waals surface area contributed by atoms with E-state index in [2.05, 4.69) is 10.3 Å². The molecule has 1 aromatic carbocycles. The Morgan fingerprint density at radius 1 is 1.08 bits per heavy atom. The van der Waals surface area contributed by atoms with Gasteiger partial charge in [-0.1, -0.05) is 0 Å². The van der Waals surface area contributed by atoms with E-state index in [-0.39, 0.29) is 22.9 Å². The second kappa shape index (κ2) is 10.7. The van der Waals surface area contributed by atoms with Crippen LogP contribution in [0.2, 0.25) is 0 Å². The Morgan fingerprint density at radius 2 is 1.73 bits per heavy atom. The number of nitrogens with zero attached hydrogens (tertiary/aromatic N) is 2. The highest BCUT2D eigenvalue weighted by Gasteiger charge is 2.43. The first kappa shape index (κ1) is 27.5. The highest BCUT2D eigenvalue weighted by atomic mass is 32.2. The van der Waals surface area contributed by atoms with E-state index in [9.17, 15) is 30.8 Å². The van der Waals surface area contributed by atoms with Crippen molar-refractivity contribution in [2.45, 2.75) is 87.7 Å². The number of rotatable bonds is 7. The summed E-state index contributed by atoms with van der Waals surface area (Å²) in [7, 11) is -4.06. The maximum Gasteiger partial charge on any atom is 0.248 e. The number of aromatic nitrogens is 1. The lowest BCUT2D eigenvalue weighted by Crippen LogP contribution is -2.48. The Labute approximate surface area is 214 Å². The fourth-order valence-electron chi connectivity index (χ4n) is 5.39. The van der Waals surface area contributed by atoms with Gasteiger partial charge in [-0.3, -0.25) is 9.78 Å². The summed E-state index contributed by atoms with van der Waals surface area (Å²) in [6, 6.07) is 4.54. The van der Waals surface area contributed by atoms with Gasteiger partial charge in [0.1, 0.15) is 17.7 Å². The predicted octanol–water partition coefficient (Wildman–Crippen LogP) is 5.15. The van der Waals surface area contributed by atoms with Gasteiger partial charge in [0, 0.05) is 35.7 Å². The van der Waals surface area contributed by atoms with Crippen LogP contribution in [0.4, 0.5) is 17.6 Å². The molecule has 0 bridgehead atoms. The zero-order chi connectivity index (χ0) is 27.0. The number of amides is 1. The Bertz CT molecular complexity index is 1230. The largest absolute Gasteiger partial charge is 0.351 e. The van der Waals surface area contributed by atoms with Crippen LogP contribution in [0.25, 0.3) is 0 Å². The van der Waals surface area contributed by atoms with Crippen molar-refractivity contribution in [1.82, 2.24) is 14.6 Å². The number of halogens is 4. The number of pyridine rings is 1. The fraction of sp³-hybridized carbons (Fsp3) is 0.538. The van der Waals surface area contributed by atoms with Crippen molar-refractivity contribution in [3.05, 3.63) is 59.4 Å². The van der Waals surface area contributed by atoms with Gasteiger partial charge in [0.2, 0.25) is 21.9 Å². The first-order valence-corrected chi connectivity index (χ1v) is 13.9. The van der Waals surface area contributed by atoms with E-state index in [0.717, 1.165) is 41.7 Å². The first-order valence-electron chi connectivity index (χ1n) is 12.5. The molecule has 4 rings (SSSR count). The molecule has 1 aliphatic carbocycles. The molecule has 11 heteroatoms. The van der Waals surface area contributed by atoms with Crippen molar-refractivity contribution in [1.29, 1.82) is 0 Å². The molecule has 202 valence electrons. The molecule has 1 aliphatic heterocycles. The Balaban J connectivity index is 1.44. The summed E-state index contributed by atoms with van der Waals surface area (Å²) >= 11 is 0. The second-order valence-electron chi connectivity index (χ2n) is 10.2. The van der Waals surface area contributed by atoms with E-state index in [4.69, 9.17) is 0 Å². The third kappa shape index (κ3) is 5.98. The molecule has 0 unspecified atom stereocenters. The molecule has 2 aromatic rings. The van der Waals surface area contributed by atoms with Gasteiger partial charge < -0.3 is 5.32 Å². The first-order chi connectivity index (χ1) is 17.4. The van der Waals surface area contributed by atoms with Gasteiger partial charge in [-0.25, -0.2) is 26.0 Å². The molecule has 0 radical (unpaired) electrons. The van der Waals surface area contributed by atoms with E-state index < -0.39 is 51.5 Å². The molecule has 2 aliphatic rings. The van der Waals surface area contributed by atoms with Gasteiger partial charge in [0.15, 0.2) is 0 Å². The predicted molar refractivity (Wildman–Crippen MR) is 129 cm³/mol. The third-order valence-electron chi connectivity index (χ3n) is 7.56. The van der Waals surface area contributed by atoms with Gasteiger partial charge in [-0.15, -0.1) is 0 Å². The highest BCUT2D eigenvalue weighted by Crippen LogP contribution is 2.41. The molecular weight excluding hydrogens is 510 g/mol. The van der Waals surface area contributed by atoms with Crippen molar-refractivity contribution >= 4 is 15.9 Å². The van der Waals surface area contributed by atoms with Gasteiger partial charge >= 0.3 is 0 Å². The summed E-state index contributed by atoms with van der Waals surface area (Å²) in [5.41, 5.74) is 0.791. The molecule has 37 heavy (non-hydrogen) atoms. The molecule has 2 atom stereocenters. The van der Waals surface area contributed by atoms with E-state index in [1.54, 1.807) is 13.0 Å². The van der Waals surface area contributed by atoms with Crippen molar-refractivity contribution in [2.24, 2.45) is 5.92 Å². The van der Waals surface area contributed by atoms with Crippen LogP contribution in [-0.4, -0.2) is 41.6 Å². The van der Waals surface area contributed by atoms with Gasteiger partial charge in [-0.05, 0) is 82.7 Å². The SMILES string of the molecule is C[C@H]1CC[C@@H](C(=O)NCc2cc([C@H]3CC[C@@H](C(C)(F)F)CC3)ncc2F)N1S(=O)(=O)c1ccc(F)cc1. The number of sulfonamides is 1. The number of nitrogens with one attached hydrogen (secondary N) is 1. The molecule has 1 aromatic heterocycles. The summed E-state index contributed by atoms with van der Waals surface area (Å²) < 4.78 is 82.6. The summed E-state index contributed by atoms with van der Waals surface area (Å²) in [5, 5.41) is 2.65. The lowest BCUT2D eigenvalue weighted by atomic mass is 9.78. The molecule has 1 saturated carbocycles. The number of benzene rings is 1.